The maximum Gasteiger partial charge on any atom is 0.137 e. The molecular formula is C12H10Br2FN3. The number of halogens is 3. The molecule has 2 aromatic rings. The van der Waals surface area contributed by atoms with Gasteiger partial charge in [-0.1, -0.05) is 6.92 Å². The zero-order chi connectivity index (χ0) is 13.1. The predicted octanol–water partition coefficient (Wildman–Crippen LogP) is 4.45. The molecule has 1 N–H and O–H groups in total. The third kappa shape index (κ3) is 3.26. The number of nitrogens with one attached hydrogen (secondary N) is 1. The van der Waals surface area contributed by atoms with E-state index >= 15 is 0 Å². The summed E-state index contributed by atoms with van der Waals surface area (Å²) >= 11 is 6.48. The van der Waals surface area contributed by atoms with Crippen LogP contribution in [0.2, 0.25) is 0 Å². The van der Waals surface area contributed by atoms with Crippen molar-refractivity contribution in [3.8, 4) is 0 Å². The van der Waals surface area contributed by atoms with Gasteiger partial charge in [0.25, 0.3) is 0 Å². The fourth-order valence-corrected chi connectivity index (χ4v) is 2.21. The third-order valence-corrected chi connectivity index (χ3v) is 3.26. The van der Waals surface area contributed by atoms with E-state index in [2.05, 4.69) is 47.1 Å². The van der Waals surface area contributed by atoms with Gasteiger partial charge in [0.15, 0.2) is 0 Å². The first-order chi connectivity index (χ1) is 8.58. The number of anilines is 2. The molecule has 1 aromatic carbocycles. The Labute approximate surface area is 121 Å². The van der Waals surface area contributed by atoms with Crippen molar-refractivity contribution >= 4 is 43.4 Å². The SMILES string of the molecule is CCc1nc(Br)cc(Nc2ccc(F)c(Br)c2)n1. The van der Waals surface area contributed by atoms with Gasteiger partial charge in [-0.2, -0.15) is 0 Å². The normalized spacial score (nSPS) is 10.4. The van der Waals surface area contributed by atoms with Crippen LogP contribution in [-0.4, -0.2) is 9.97 Å². The molecule has 0 saturated carbocycles. The minimum absolute atomic E-state index is 0.293. The van der Waals surface area contributed by atoms with Crippen LogP contribution < -0.4 is 5.32 Å². The lowest BCUT2D eigenvalue weighted by Crippen LogP contribution is -1.99. The van der Waals surface area contributed by atoms with Crippen LogP contribution in [0.15, 0.2) is 33.3 Å². The predicted molar refractivity (Wildman–Crippen MR) is 76.5 cm³/mol. The summed E-state index contributed by atoms with van der Waals surface area (Å²) in [4.78, 5) is 8.56. The van der Waals surface area contributed by atoms with Crippen LogP contribution in [0, 0.1) is 5.82 Å². The Bertz CT molecular complexity index is 575. The average Bonchev–Trinajstić information content (AvgIpc) is 2.33. The largest absolute Gasteiger partial charge is 0.340 e. The molecular weight excluding hydrogens is 365 g/mol. The molecule has 0 fully saturated rings. The Morgan fingerprint density at radius 1 is 1.22 bits per heavy atom. The quantitative estimate of drug-likeness (QED) is 0.806. The zero-order valence-corrected chi connectivity index (χ0v) is 12.7. The molecule has 0 aliphatic heterocycles. The molecule has 0 spiro atoms. The number of aromatic nitrogens is 2. The molecule has 3 nitrogen and oxygen atoms in total. The van der Waals surface area contributed by atoms with Crippen LogP contribution in [-0.2, 0) is 6.42 Å². The summed E-state index contributed by atoms with van der Waals surface area (Å²) in [6, 6.07) is 6.48. The van der Waals surface area contributed by atoms with E-state index in [1.165, 1.54) is 6.07 Å². The molecule has 2 rings (SSSR count). The fourth-order valence-electron chi connectivity index (χ4n) is 1.41. The van der Waals surface area contributed by atoms with Crippen LogP contribution in [0.3, 0.4) is 0 Å². The highest BCUT2D eigenvalue weighted by Gasteiger charge is 2.04. The summed E-state index contributed by atoms with van der Waals surface area (Å²) in [6.07, 6.45) is 0.751. The Hall–Kier alpha value is -1.01. The molecule has 0 aliphatic rings. The molecule has 0 amide bonds. The third-order valence-electron chi connectivity index (χ3n) is 2.25. The van der Waals surface area contributed by atoms with Gasteiger partial charge in [-0.25, -0.2) is 14.4 Å². The molecule has 0 bridgehead atoms. The Morgan fingerprint density at radius 3 is 2.67 bits per heavy atom. The van der Waals surface area contributed by atoms with Crippen LogP contribution in [0.5, 0.6) is 0 Å². The lowest BCUT2D eigenvalue weighted by molar-refractivity contribution is 0.621. The summed E-state index contributed by atoms with van der Waals surface area (Å²) in [6.45, 7) is 1.99. The van der Waals surface area contributed by atoms with Crippen molar-refractivity contribution in [2.24, 2.45) is 0 Å². The van der Waals surface area contributed by atoms with Gasteiger partial charge < -0.3 is 5.32 Å². The number of hydrogen-bond donors (Lipinski definition) is 1. The van der Waals surface area contributed by atoms with Crippen LogP contribution in [0.4, 0.5) is 15.9 Å². The molecule has 1 aromatic heterocycles. The van der Waals surface area contributed by atoms with Gasteiger partial charge in [0, 0.05) is 18.2 Å². The first-order valence-corrected chi connectivity index (χ1v) is 6.92. The van der Waals surface area contributed by atoms with Crippen molar-refractivity contribution in [2.45, 2.75) is 13.3 Å². The lowest BCUT2D eigenvalue weighted by atomic mass is 10.3. The van der Waals surface area contributed by atoms with Gasteiger partial charge in [0.1, 0.15) is 22.1 Å². The smallest absolute Gasteiger partial charge is 0.137 e. The van der Waals surface area contributed by atoms with Gasteiger partial charge in [0.05, 0.1) is 4.47 Å². The molecule has 18 heavy (non-hydrogen) atoms. The summed E-state index contributed by atoms with van der Waals surface area (Å²) in [5, 5.41) is 3.11. The van der Waals surface area contributed by atoms with Gasteiger partial charge in [0.2, 0.25) is 0 Å². The highest BCUT2D eigenvalue weighted by molar-refractivity contribution is 9.10. The van der Waals surface area contributed by atoms with E-state index in [1.807, 2.05) is 6.92 Å². The number of hydrogen-bond acceptors (Lipinski definition) is 3. The van der Waals surface area contributed by atoms with Crippen molar-refractivity contribution in [3.63, 3.8) is 0 Å². The number of benzene rings is 1. The van der Waals surface area contributed by atoms with Crippen molar-refractivity contribution in [1.82, 2.24) is 9.97 Å². The van der Waals surface area contributed by atoms with E-state index in [4.69, 9.17) is 0 Å². The Balaban J connectivity index is 2.27. The van der Waals surface area contributed by atoms with Crippen LogP contribution in [0.1, 0.15) is 12.7 Å². The number of nitrogens with zero attached hydrogens (tertiary/aromatic N) is 2. The van der Waals surface area contributed by atoms with Crippen molar-refractivity contribution < 1.29 is 4.39 Å². The molecule has 94 valence electrons. The highest BCUT2D eigenvalue weighted by atomic mass is 79.9. The number of aryl methyl sites for hydroxylation is 1. The molecule has 0 radical (unpaired) electrons. The molecule has 6 heteroatoms. The van der Waals surface area contributed by atoms with E-state index in [1.54, 1.807) is 18.2 Å². The minimum atomic E-state index is -0.293. The van der Waals surface area contributed by atoms with Gasteiger partial charge in [-0.05, 0) is 50.1 Å². The first-order valence-electron chi connectivity index (χ1n) is 5.34. The first kappa shape index (κ1) is 13.4. The monoisotopic (exact) mass is 373 g/mol. The maximum atomic E-state index is 13.1. The van der Waals surface area contributed by atoms with Crippen LogP contribution >= 0.6 is 31.9 Å². The zero-order valence-electron chi connectivity index (χ0n) is 9.54. The number of rotatable bonds is 3. The summed E-state index contributed by atoms with van der Waals surface area (Å²) in [7, 11) is 0. The second kappa shape index (κ2) is 5.75. The molecule has 1 heterocycles. The second-order valence-corrected chi connectivity index (χ2v) is 5.27. The average molecular weight is 375 g/mol. The summed E-state index contributed by atoms with van der Waals surface area (Å²) in [5.41, 5.74) is 0.760. The highest BCUT2D eigenvalue weighted by Crippen LogP contribution is 2.23. The molecule has 0 saturated heterocycles. The molecule has 0 aliphatic carbocycles. The van der Waals surface area contributed by atoms with E-state index in [0.29, 0.717) is 10.3 Å². The van der Waals surface area contributed by atoms with E-state index in [0.717, 1.165) is 22.5 Å². The molecule has 0 unspecified atom stereocenters. The Morgan fingerprint density at radius 2 is 2.00 bits per heavy atom. The Kier molecular flexibility index (Phi) is 4.29. The van der Waals surface area contributed by atoms with Crippen molar-refractivity contribution in [3.05, 3.63) is 45.0 Å². The van der Waals surface area contributed by atoms with E-state index in [-0.39, 0.29) is 5.82 Å². The summed E-state index contributed by atoms with van der Waals surface area (Å²) in [5.74, 6) is 1.12. The lowest BCUT2D eigenvalue weighted by Gasteiger charge is -2.08. The van der Waals surface area contributed by atoms with Crippen LogP contribution in [0.25, 0.3) is 0 Å². The van der Waals surface area contributed by atoms with Crippen molar-refractivity contribution in [2.75, 3.05) is 5.32 Å². The molecule has 0 atom stereocenters. The van der Waals surface area contributed by atoms with Gasteiger partial charge in [-0.15, -0.1) is 0 Å². The standard InChI is InChI=1S/C12H10Br2FN3/c1-2-11-17-10(14)6-12(18-11)16-7-3-4-9(15)8(13)5-7/h3-6H,2H2,1H3,(H,16,17,18). The van der Waals surface area contributed by atoms with Crippen molar-refractivity contribution in [1.29, 1.82) is 0 Å². The topological polar surface area (TPSA) is 37.8 Å². The van der Waals surface area contributed by atoms with Gasteiger partial charge >= 0.3 is 0 Å². The maximum absolute atomic E-state index is 13.1. The van der Waals surface area contributed by atoms with E-state index < -0.39 is 0 Å². The summed E-state index contributed by atoms with van der Waals surface area (Å²) < 4.78 is 14.2. The van der Waals surface area contributed by atoms with Gasteiger partial charge in [-0.3, -0.25) is 0 Å². The fraction of sp³-hybridized carbons (Fsp3) is 0.167. The minimum Gasteiger partial charge on any atom is -0.340 e. The second-order valence-electron chi connectivity index (χ2n) is 3.60. The van der Waals surface area contributed by atoms with E-state index in [9.17, 15) is 4.39 Å².